The first-order valence-electron chi connectivity index (χ1n) is 6.24. The minimum Gasteiger partial charge on any atom is -0.395 e. The van der Waals surface area contributed by atoms with Gasteiger partial charge in [-0.05, 0) is 26.4 Å². The highest BCUT2D eigenvalue weighted by Crippen LogP contribution is 2.16. The number of Topliss-reactive ketones (excluding diaryl/α,β-unsaturated/α-hetero) is 1. The quantitative estimate of drug-likeness (QED) is 0.714. The fourth-order valence-electron chi connectivity index (χ4n) is 2.04. The van der Waals surface area contributed by atoms with E-state index in [1.165, 1.54) is 0 Å². The molecule has 1 fully saturated rings. The molecule has 1 unspecified atom stereocenters. The molecule has 5 nitrogen and oxygen atoms in total. The second kappa shape index (κ2) is 5.82. The van der Waals surface area contributed by atoms with E-state index in [0.29, 0.717) is 11.6 Å². The number of nitrogens with two attached hydrogens (primary N) is 1. The number of carbonyl (C=O) groups is 1. The van der Waals surface area contributed by atoms with Gasteiger partial charge in [0.15, 0.2) is 5.78 Å². The Hall–Kier alpha value is -0.910. The van der Waals surface area contributed by atoms with E-state index in [4.69, 9.17) is 17.3 Å². The molecule has 18 heavy (non-hydrogen) atoms. The highest BCUT2D eigenvalue weighted by Gasteiger charge is 2.28. The van der Waals surface area contributed by atoms with Crippen LogP contribution in [0.1, 0.15) is 12.8 Å². The lowest BCUT2D eigenvalue weighted by Crippen LogP contribution is -2.50. The third-order valence-corrected chi connectivity index (χ3v) is 3.74. The fraction of sp³-hybridized carbons (Fsp3) is 0.667. The Labute approximate surface area is 112 Å². The van der Waals surface area contributed by atoms with E-state index in [0.717, 1.165) is 38.2 Å². The van der Waals surface area contributed by atoms with Gasteiger partial charge in [0.1, 0.15) is 0 Å². The number of halogens is 1. The van der Waals surface area contributed by atoms with Crippen LogP contribution in [0, 0.1) is 0 Å². The van der Waals surface area contributed by atoms with Crippen LogP contribution in [-0.2, 0) is 4.79 Å². The van der Waals surface area contributed by atoms with Gasteiger partial charge in [-0.1, -0.05) is 11.6 Å². The SMILES string of the molecule is CN1CCCN=C(/C(Cl)=C(\N)C(=O)C2CCN2)C1. The average Bonchev–Trinajstić information content (AvgIpc) is 2.49. The Morgan fingerprint density at radius 2 is 2.33 bits per heavy atom. The maximum Gasteiger partial charge on any atom is 0.196 e. The highest BCUT2D eigenvalue weighted by atomic mass is 35.5. The number of hydrogen-bond acceptors (Lipinski definition) is 5. The summed E-state index contributed by atoms with van der Waals surface area (Å²) in [5.41, 5.74) is 6.72. The van der Waals surface area contributed by atoms with Crippen molar-refractivity contribution in [2.24, 2.45) is 10.7 Å². The highest BCUT2D eigenvalue weighted by molar-refractivity contribution is 6.45. The Balaban J connectivity index is 2.14. The summed E-state index contributed by atoms with van der Waals surface area (Å²) in [6.45, 7) is 3.23. The molecule has 1 saturated heterocycles. The number of carbonyl (C=O) groups excluding carboxylic acids is 1. The monoisotopic (exact) mass is 270 g/mol. The van der Waals surface area contributed by atoms with Gasteiger partial charge in [0, 0.05) is 19.6 Å². The third-order valence-electron chi connectivity index (χ3n) is 3.32. The van der Waals surface area contributed by atoms with Gasteiger partial charge in [-0.15, -0.1) is 0 Å². The molecule has 3 N–H and O–H groups in total. The van der Waals surface area contributed by atoms with Crippen molar-refractivity contribution >= 4 is 23.1 Å². The Kier molecular flexibility index (Phi) is 4.37. The van der Waals surface area contributed by atoms with Gasteiger partial charge in [0.25, 0.3) is 0 Å². The van der Waals surface area contributed by atoms with Crippen molar-refractivity contribution in [3.8, 4) is 0 Å². The number of ketones is 1. The summed E-state index contributed by atoms with van der Waals surface area (Å²) in [7, 11) is 2.01. The van der Waals surface area contributed by atoms with Crippen molar-refractivity contribution in [3.63, 3.8) is 0 Å². The van der Waals surface area contributed by atoms with Crippen LogP contribution >= 0.6 is 11.6 Å². The van der Waals surface area contributed by atoms with Crippen molar-refractivity contribution in [3.05, 3.63) is 10.7 Å². The molecule has 6 heteroatoms. The van der Waals surface area contributed by atoms with Crippen LogP contribution in [0.25, 0.3) is 0 Å². The van der Waals surface area contributed by atoms with Crippen LogP contribution in [0.15, 0.2) is 15.7 Å². The van der Waals surface area contributed by atoms with E-state index in [9.17, 15) is 4.79 Å². The first kappa shape index (κ1) is 13.5. The first-order valence-corrected chi connectivity index (χ1v) is 6.62. The molecule has 0 aromatic heterocycles. The number of hydrogen-bond donors (Lipinski definition) is 2. The van der Waals surface area contributed by atoms with Crippen LogP contribution < -0.4 is 11.1 Å². The molecule has 0 aromatic carbocycles. The average molecular weight is 271 g/mol. The molecular formula is C12H19ClN4O. The van der Waals surface area contributed by atoms with Gasteiger partial charge in [-0.2, -0.15) is 0 Å². The van der Waals surface area contributed by atoms with Crippen molar-refractivity contribution in [2.45, 2.75) is 18.9 Å². The van der Waals surface area contributed by atoms with E-state index >= 15 is 0 Å². The van der Waals surface area contributed by atoms with Crippen LogP contribution in [0.2, 0.25) is 0 Å². The van der Waals surface area contributed by atoms with Crippen molar-refractivity contribution in [2.75, 3.05) is 33.2 Å². The third kappa shape index (κ3) is 2.91. The van der Waals surface area contributed by atoms with Crippen molar-refractivity contribution in [1.82, 2.24) is 10.2 Å². The second-order valence-corrected chi connectivity index (χ2v) is 5.19. The molecule has 2 aliphatic heterocycles. The molecule has 0 spiro atoms. The maximum absolute atomic E-state index is 12.0. The lowest BCUT2D eigenvalue weighted by Gasteiger charge is -2.26. The van der Waals surface area contributed by atoms with E-state index in [-0.39, 0.29) is 17.5 Å². The summed E-state index contributed by atoms with van der Waals surface area (Å²) in [5.74, 6) is -0.110. The van der Waals surface area contributed by atoms with Crippen LogP contribution in [0.3, 0.4) is 0 Å². The van der Waals surface area contributed by atoms with Gasteiger partial charge in [-0.3, -0.25) is 9.79 Å². The summed E-state index contributed by atoms with van der Waals surface area (Å²) in [6.07, 6.45) is 1.83. The molecule has 0 aliphatic carbocycles. The fourth-order valence-corrected chi connectivity index (χ4v) is 2.25. The first-order chi connectivity index (χ1) is 8.59. The molecule has 2 rings (SSSR count). The maximum atomic E-state index is 12.0. The zero-order chi connectivity index (χ0) is 13.1. The van der Waals surface area contributed by atoms with Gasteiger partial charge >= 0.3 is 0 Å². The predicted octanol–water partition coefficient (Wildman–Crippen LogP) is 0.103. The topological polar surface area (TPSA) is 70.7 Å². The van der Waals surface area contributed by atoms with E-state index in [1.807, 2.05) is 7.05 Å². The Bertz CT molecular complexity index is 401. The Morgan fingerprint density at radius 3 is 2.94 bits per heavy atom. The molecule has 0 bridgehead atoms. The molecule has 1 atom stereocenters. The van der Waals surface area contributed by atoms with Crippen LogP contribution in [0.5, 0.6) is 0 Å². The normalized spacial score (nSPS) is 26.8. The lowest BCUT2D eigenvalue weighted by atomic mass is 9.99. The lowest BCUT2D eigenvalue weighted by molar-refractivity contribution is -0.119. The van der Waals surface area contributed by atoms with Gasteiger partial charge in [0.2, 0.25) is 0 Å². The summed E-state index contributed by atoms with van der Waals surface area (Å²) < 4.78 is 0. The summed E-state index contributed by atoms with van der Waals surface area (Å²) in [5, 5.41) is 3.35. The standard InChI is InChI=1S/C12H19ClN4O/c1-17-6-2-4-15-9(7-17)10(13)11(14)12(18)8-3-5-16-8/h8,16H,2-7,14H2,1H3/b11-10+. The van der Waals surface area contributed by atoms with E-state index < -0.39 is 0 Å². The molecule has 0 radical (unpaired) electrons. The van der Waals surface area contributed by atoms with Crippen molar-refractivity contribution < 1.29 is 4.79 Å². The van der Waals surface area contributed by atoms with E-state index in [2.05, 4.69) is 15.2 Å². The van der Waals surface area contributed by atoms with Gasteiger partial charge < -0.3 is 16.0 Å². The summed E-state index contributed by atoms with van der Waals surface area (Å²) >= 11 is 6.22. The molecule has 0 aromatic rings. The van der Waals surface area contributed by atoms with Gasteiger partial charge in [0.05, 0.1) is 22.5 Å². The molecule has 2 aliphatic rings. The molecule has 0 amide bonds. The zero-order valence-corrected chi connectivity index (χ0v) is 11.3. The van der Waals surface area contributed by atoms with Crippen molar-refractivity contribution in [1.29, 1.82) is 0 Å². The predicted molar refractivity (Wildman–Crippen MR) is 72.9 cm³/mol. The smallest absolute Gasteiger partial charge is 0.196 e. The minimum absolute atomic E-state index is 0.110. The number of aliphatic imine (C=N–C) groups is 1. The van der Waals surface area contributed by atoms with E-state index in [1.54, 1.807) is 0 Å². The number of nitrogens with zero attached hydrogens (tertiary/aromatic N) is 2. The molecule has 2 heterocycles. The van der Waals surface area contributed by atoms with Crippen LogP contribution in [0.4, 0.5) is 0 Å². The summed E-state index contributed by atoms with van der Waals surface area (Å²) in [6, 6.07) is -0.164. The molecule has 0 saturated carbocycles. The Morgan fingerprint density at radius 1 is 1.61 bits per heavy atom. The van der Waals surface area contributed by atoms with Crippen LogP contribution in [-0.4, -0.2) is 55.7 Å². The van der Waals surface area contributed by atoms with Gasteiger partial charge in [-0.25, -0.2) is 0 Å². The molecule has 100 valence electrons. The zero-order valence-electron chi connectivity index (χ0n) is 10.6. The minimum atomic E-state index is -0.164. The number of rotatable bonds is 3. The summed E-state index contributed by atoms with van der Waals surface area (Å²) in [4.78, 5) is 18.5. The molecular weight excluding hydrogens is 252 g/mol. The largest absolute Gasteiger partial charge is 0.395 e. The number of nitrogens with one attached hydrogen (secondary N) is 1. The second-order valence-electron chi connectivity index (χ2n) is 4.81.